The minimum absolute atomic E-state index is 0.281. The number of nitrogens with zero attached hydrogens (tertiary/aromatic N) is 1. The molecule has 0 aliphatic rings. The summed E-state index contributed by atoms with van der Waals surface area (Å²) in [6, 6.07) is 10.3. The lowest BCUT2D eigenvalue weighted by Gasteiger charge is -2.09. The molecule has 0 saturated carbocycles. The largest absolute Gasteiger partial charge is 0.497 e. The van der Waals surface area contributed by atoms with Crippen LogP contribution >= 0.6 is 0 Å². The van der Waals surface area contributed by atoms with Crippen LogP contribution in [0.15, 0.2) is 36.4 Å². The van der Waals surface area contributed by atoms with Crippen molar-refractivity contribution in [1.29, 1.82) is 0 Å². The molecule has 0 aliphatic carbocycles. The molecule has 104 valence electrons. The highest BCUT2D eigenvalue weighted by Crippen LogP contribution is 2.15. The van der Waals surface area contributed by atoms with Crippen LogP contribution in [0.2, 0.25) is 0 Å². The Morgan fingerprint density at radius 3 is 2.65 bits per heavy atom. The van der Waals surface area contributed by atoms with E-state index >= 15 is 0 Å². The second-order valence-corrected chi connectivity index (χ2v) is 4.37. The van der Waals surface area contributed by atoms with Gasteiger partial charge in [-0.2, -0.15) is 0 Å². The first-order chi connectivity index (χ1) is 9.58. The first-order valence-corrected chi connectivity index (χ1v) is 6.19. The summed E-state index contributed by atoms with van der Waals surface area (Å²) < 4.78 is 10.8. The number of hydrogen-bond acceptors (Lipinski definition) is 5. The van der Waals surface area contributed by atoms with E-state index in [9.17, 15) is 0 Å². The lowest BCUT2D eigenvalue weighted by atomic mass is 9.80. The summed E-state index contributed by atoms with van der Waals surface area (Å²) in [6.45, 7) is 2.16. The van der Waals surface area contributed by atoms with Crippen molar-refractivity contribution >= 4 is 12.6 Å². The predicted molar refractivity (Wildman–Crippen MR) is 76.1 cm³/mol. The Morgan fingerprint density at radius 1 is 1.15 bits per heavy atom. The zero-order valence-corrected chi connectivity index (χ0v) is 11.4. The van der Waals surface area contributed by atoms with Crippen LogP contribution in [0, 0.1) is 6.92 Å². The van der Waals surface area contributed by atoms with E-state index in [0.29, 0.717) is 11.2 Å². The maximum atomic E-state index is 9.11. The molecule has 0 bridgehead atoms. The molecule has 20 heavy (non-hydrogen) atoms. The fourth-order valence-corrected chi connectivity index (χ4v) is 1.82. The molecule has 0 unspecified atom stereocenters. The van der Waals surface area contributed by atoms with Crippen LogP contribution in [0.5, 0.6) is 11.5 Å². The standard InChI is InChI=1S/C14H16BNO4/c1-10-6-14(19-2)8-12(16-10)9-20-13-5-3-4-11(7-13)15(17)18/h3-8,17-18H,9H2,1-2H3. The number of aryl methyl sites for hydroxylation is 1. The van der Waals surface area contributed by atoms with E-state index in [0.717, 1.165) is 17.1 Å². The Bertz CT molecular complexity index is 589. The highest BCUT2D eigenvalue weighted by Gasteiger charge is 2.11. The molecule has 0 aliphatic heterocycles. The maximum Gasteiger partial charge on any atom is 0.488 e. The highest BCUT2D eigenvalue weighted by atomic mass is 16.5. The molecule has 5 nitrogen and oxygen atoms in total. The number of pyridine rings is 1. The average Bonchev–Trinajstić information content (AvgIpc) is 2.44. The molecule has 6 heteroatoms. The summed E-state index contributed by atoms with van der Waals surface area (Å²) >= 11 is 0. The zero-order chi connectivity index (χ0) is 14.5. The Labute approximate surface area is 118 Å². The van der Waals surface area contributed by atoms with E-state index in [1.54, 1.807) is 37.4 Å². The van der Waals surface area contributed by atoms with Crippen LogP contribution in [0.3, 0.4) is 0 Å². The Hall–Kier alpha value is -2.05. The number of benzene rings is 1. The van der Waals surface area contributed by atoms with Gasteiger partial charge in [0.1, 0.15) is 18.1 Å². The number of rotatable bonds is 5. The van der Waals surface area contributed by atoms with Crippen LogP contribution in [0.4, 0.5) is 0 Å². The second-order valence-electron chi connectivity index (χ2n) is 4.37. The van der Waals surface area contributed by atoms with Gasteiger partial charge in [-0.1, -0.05) is 12.1 Å². The van der Waals surface area contributed by atoms with Crippen molar-refractivity contribution in [1.82, 2.24) is 4.98 Å². The fraction of sp³-hybridized carbons (Fsp3) is 0.214. The van der Waals surface area contributed by atoms with Gasteiger partial charge in [0.2, 0.25) is 0 Å². The van der Waals surface area contributed by atoms with Crippen LogP contribution in [-0.4, -0.2) is 29.3 Å². The number of methoxy groups -OCH3 is 1. The van der Waals surface area contributed by atoms with Gasteiger partial charge in [-0.15, -0.1) is 0 Å². The first kappa shape index (κ1) is 14.4. The third kappa shape index (κ3) is 3.72. The third-order valence-electron chi connectivity index (χ3n) is 2.76. The second kappa shape index (κ2) is 6.41. The monoisotopic (exact) mass is 273 g/mol. The quantitative estimate of drug-likeness (QED) is 0.783. The van der Waals surface area contributed by atoms with Gasteiger partial charge in [0.25, 0.3) is 0 Å². The molecule has 0 fully saturated rings. The van der Waals surface area contributed by atoms with Gasteiger partial charge in [-0.05, 0) is 24.5 Å². The van der Waals surface area contributed by atoms with Crippen molar-refractivity contribution < 1.29 is 19.5 Å². The van der Waals surface area contributed by atoms with Crippen LogP contribution in [0.25, 0.3) is 0 Å². The van der Waals surface area contributed by atoms with Gasteiger partial charge in [0.15, 0.2) is 0 Å². The molecule has 0 radical (unpaired) electrons. The van der Waals surface area contributed by atoms with Crippen molar-refractivity contribution in [2.45, 2.75) is 13.5 Å². The van der Waals surface area contributed by atoms with E-state index in [-0.39, 0.29) is 6.61 Å². The first-order valence-electron chi connectivity index (χ1n) is 6.19. The lowest BCUT2D eigenvalue weighted by molar-refractivity contribution is 0.300. The summed E-state index contributed by atoms with van der Waals surface area (Å²) in [5.74, 6) is 1.29. The SMILES string of the molecule is COc1cc(C)nc(COc2cccc(B(O)O)c2)c1. The maximum absolute atomic E-state index is 9.11. The molecule has 2 rings (SSSR count). The van der Waals surface area contributed by atoms with Gasteiger partial charge < -0.3 is 19.5 Å². The van der Waals surface area contributed by atoms with Crippen molar-refractivity contribution in [3.8, 4) is 11.5 Å². The summed E-state index contributed by atoms with van der Waals surface area (Å²) in [7, 11) is 0.0988. The van der Waals surface area contributed by atoms with Gasteiger partial charge in [-0.3, -0.25) is 4.98 Å². The molecule has 0 spiro atoms. The molecule has 1 aromatic carbocycles. The summed E-state index contributed by atoms with van der Waals surface area (Å²) in [4.78, 5) is 4.35. The molecule has 1 heterocycles. The van der Waals surface area contributed by atoms with E-state index in [2.05, 4.69) is 4.98 Å². The Balaban J connectivity index is 2.08. The molecule has 0 atom stereocenters. The topological polar surface area (TPSA) is 71.8 Å². The van der Waals surface area contributed by atoms with E-state index in [1.807, 2.05) is 13.0 Å². The van der Waals surface area contributed by atoms with E-state index in [1.165, 1.54) is 0 Å². The van der Waals surface area contributed by atoms with Crippen molar-refractivity contribution in [2.24, 2.45) is 0 Å². The average molecular weight is 273 g/mol. The molecule has 1 aromatic heterocycles. The van der Waals surface area contributed by atoms with E-state index in [4.69, 9.17) is 19.5 Å². The normalized spacial score (nSPS) is 10.2. The van der Waals surface area contributed by atoms with Gasteiger partial charge in [0.05, 0.1) is 12.8 Å². The molecule has 0 amide bonds. The van der Waals surface area contributed by atoms with Crippen LogP contribution in [0.1, 0.15) is 11.4 Å². The molecule has 2 N–H and O–H groups in total. The molecular formula is C14H16BNO4. The summed E-state index contributed by atoms with van der Waals surface area (Å²) in [5.41, 5.74) is 1.98. The number of hydrogen-bond donors (Lipinski definition) is 2. The summed E-state index contributed by atoms with van der Waals surface area (Å²) in [6.07, 6.45) is 0. The minimum Gasteiger partial charge on any atom is -0.497 e. The van der Waals surface area contributed by atoms with Crippen LogP contribution in [-0.2, 0) is 6.61 Å². The van der Waals surface area contributed by atoms with Crippen molar-refractivity contribution in [2.75, 3.05) is 7.11 Å². The minimum atomic E-state index is -1.50. The molecule has 2 aromatic rings. The third-order valence-corrected chi connectivity index (χ3v) is 2.76. The van der Waals surface area contributed by atoms with Crippen molar-refractivity contribution in [3.05, 3.63) is 47.8 Å². The molecular weight excluding hydrogens is 257 g/mol. The zero-order valence-electron chi connectivity index (χ0n) is 11.4. The van der Waals surface area contributed by atoms with Crippen molar-refractivity contribution in [3.63, 3.8) is 0 Å². The van der Waals surface area contributed by atoms with E-state index < -0.39 is 7.12 Å². The predicted octanol–water partition coefficient (Wildman–Crippen LogP) is 0.657. The van der Waals surface area contributed by atoms with Gasteiger partial charge in [0, 0.05) is 17.8 Å². The highest BCUT2D eigenvalue weighted by molar-refractivity contribution is 6.58. The smallest absolute Gasteiger partial charge is 0.488 e. The van der Waals surface area contributed by atoms with Crippen LogP contribution < -0.4 is 14.9 Å². The fourth-order valence-electron chi connectivity index (χ4n) is 1.82. The van der Waals surface area contributed by atoms with Gasteiger partial charge >= 0.3 is 7.12 Å². The Kier molecular flexibility index (Phi) is 4.60. The lowest BCUT2D eigenvalue weighted by Crippen LogP contribution is -2.29. The Morgan fingerprint density at radius 2 is 1.95 bits per heavy atom. The molecule has 0 saturated heterocycles. The number of aromatic nitrogens is 1. The van der Waals surface area contributed by atoms with Gasteiger partial charge in [-0.25, -0.2) is 0 Å². The number of ether oxygens (including phenoxy) is 2. The summed E-state index contributed by atoms with van der Waals surface area (Å²) in [5, 5.41) is 18.2.